The fourth-order valence-corrected chi connectivity index (χ4v) is 3.94. The highest BCUT2D eigenvalue weighted by molar-refractivity contribution is 9.10. The number of rotatable bonds is 9. The molecule has 0 saturated carbocycles. The third-order valence-electron chi connectivity index (χ3n) is 5.20. The molecule has 0 aliphatic carbocycles. The number of carbonyl (C=O) groups is 2. The highest BCUT2D eigenvalue weighted by Crippen LogP contribution is 2.20. The number of hydrogen-bond donors (Lipinski definition) is 1. The molecule has 1 atom stereocenters. The van der Waals surface area contributed by atoms with Crippen LogP contribution in [0.2, 0.25) is 0 Å². The van der Waals surface area contributed by atoms with Gasteiger partial charge in [0.1, 0.15) is 11.8 Å². The predicted molar refractivity (Wildman–Crippen MR) is 129 cm³/mol. The summed E-state index contributed by atoms with van der Waals surface area (Å²) in [7, 11) is 1.59. The maximum Gasteiger partial charge on any atom is 0.261 e. The molecule has 166 valence electrons. The number of hydrogen-bond acceptors (Lipinski definition) is 3. The van der Waals surface area contributed by atoms with Crippen molar-refractivity contribution in [3.63, 3.8) is 0 Å². The zero-order chi connectivity index (χ0) is 22.9. The van der Waals surface area contributed by atoms with Gasteiger partial charge in [0.15, 0.2) is 6.61 Å². The summed E-state index contributed by atoms with van der Waals surface area (Å²) in [5.41, 5.74) is 2.85. The molecule has 1 N–H and O–H groups in total. The number of para-hydroxylation sites is 1. The number of nitrogens with zero attached hydrogens (tertiary/aromatic N) is 1. The number of amides is 2. The van der Waals surface area contributed by atoms with Crippen LogP contribution in [0.5, 0.6) is 5.75 Å². The van der Waals surface area contributed by atoms with Crippen molar-refractivity contribution in [2.75, 3.05) is 13.7 Å². The van der Waals surface area contributed by atoms with Gasteiger partial charge >= 0.3 is 0 Å². The Bertz CT molecular complexity index is 1060. The second-order valence-electron chi connectivity index (χ2n) is 7.53. The lowest BCUT2D eigenvalue weighted by atomic mass is 10.0. The molecule has 5 nitrogen and oxygen atoms in total. The highest BCUT2D eigenvalue weighted by atomic mass is 79.9. The molecule has 0 fully saturated rings. The molecule has 0 aliphatic heterocycles. The van der Waals surface area contributed by atoms with Crippen molar-refractivity contribution in [1.82, 2.24) is 10.2 Å². The highest BCUT2D eigenvalue weighted by Gasteiger charge is 2.30. The monoisotopic (exact) mass is 494 g/mol. The van der Waals surface area contributed by atoms with E-state index in [1.807, 2.05) is 85.8 Å². The zero-order valence-corrected chi connectivity index (χ0v) is 19.8. The largest absolute Gasteiger partial charge is 0.484 e. The van der Waals surface area contributed by atoms with Crippen LogP contribution in [0.25, 0.3) is 0 Å². The average Bonchev–Trinajstić information content (AvgIpc) is 2.81. The third kappa shape index (κ3) is 6.44. The van der Waals surface area contributed by atoms with Crippen LogP contribution in [0.15, 0.2) is 83.3 Å². The Labute approximate surface area is 197 Å². The molecule has 0 saturated heterocycles. The standard InChI is InChI=1S/C26H27BrN2O3/c1-19-9-6-7-14-24(19)32-18-25(30)29(17-21-12-8-13-22(27)15-21)23(26(31)28-2)16-20-10-4-3-5-11-20/h3-15,23H,16-18H2,1-2H3,(H,28,31). The lowest BCUT2D eigenvalue weighted by Crippen LogP contribution is -2.51. The van der Waals surface area contributed by atoms with Crippen molar-refractivity contribution in [2.45, 2.75) is 25.9 Å². The second-order valence-corrected chi connectivity index (χ2v) is 8.44. The molecule has 3 aromatic rings. The minimum atomic E-state index is -0.672. The van der Waals surface area contributed by atoms with Crippen LogP contribution in [0.1, 0.15) is 16.7 Å². The second kappa shape index (κ2) is 11.5. The van der Waals surface area contributed by atoms with Gasteiger partial charge in [-0.3, -0.25) is 9.59 Å². The Morgan fingerprint density at radius 1 is 0.969 bits per heavy atom. The number of nitrogens with one attached hydrogen (secondary N) is 1. The first kappa shape index (κ1) is 23.5. The smallest absolute Gasteiger partial charge is 0.261 e. The number of likely N-dealkylation sites (N-methyl/N-ethyl adjacent to an activating group) is 1. The number of ether oxygens (including phenoxy) is 1. The summed E-state index contributed by atoms with van der Waals surface area (Å²) in [4.78, 5) is 27.9. The first-order valence-corrected chi connectivity index (χ1v) is 11.2. The van der Waals surface area contributed by atoms with E-state index in [-0.39, 0.29) is 18.4 Å². The van der Waals surface area contributed by atoms with Crippen LogP contribution in [-0.2, 0) is 22.6 Å². The Morgan fingerprint density at radius 3 is 2.34 bits per heavy atom. The van der Waals surface area contributed by atoms with Crippen LogP contribution in [0, 0.1) is 6.92 Å². The topological polar surface area (TPSA) is 58.6 Å². The number of aryl methyl sites for hydroxylation is 1. The van der Waals surface area contributed by atoms with Crippen LogP contribution >= 0.6 is 15.9 Å². The molecule has 0 aromatic heterocycles. The summed E-state index contributed by atoms with van der Waals surface area (Å²) >= 11 is 3.48. The Morgan fingerprint density at radius 2 is 1.66 bits per heavy atom. The lowest BCUT2D eigenvalue weighted by Gasteiger charge is -2.31. The summed E-state index contributed by atoms with van der Waals surface area (Å²) in [6, 6.07) is 24.3. The molecule has 0 aliphatic rings. The van der Waals surface area contributed by atoms with Gasteiger partial charge in [0, 0.05) is 24.5 Å². The van der Waals surface area contributed by atoms with E-state index in [0.717, 1.165) is 21.2 Å². The third-order valence-corrected chi connectivity index (χ3v) is 5.70. The first-order valence-electron chi connectivity index (χ1n) is 10.5. The normalized spacial score (nSPS) is 11.5. The molecule has 6 heteroatoms. The molecule has 0 radical (unpaired) electrons. The van der Waals surface area contributed by atoms with Crippen molar-refractivity contribution in [2.24, 2.45) is 0 Å². The van der Waals surface area contributed by atoms with Crippen molar-refractivity contribution in [1.29, 1.82) is 0 Å². The molecular formula is C26H27BrN2O3. The van der Waals surface area contributed by atoms with Crippen LogP contribution in [0.4, 0.5) is 0 Å². The number of halogens is 1. The summed E-state index contributed by atoms with van der Waals surface area (Å²) in [6.07, 6.45) is 0.407. The predicted octanol–water partition coefficient (Wildman–Crippen LogP) is 4.52. The summed E-state index contributed by atoms with van der Waals surface area (Å²) in [5, 5.41) is 2.72. The van der Waals surface area contributed by atoms with Crippen LogP contribution in [0.3, 0.4) is 0 Å². The van der Waals surface area contributed by atoms with E-state index in [2.05, 4.69) is 21.2 Å². The number of carbonyl (C=O) groups excluding carboxylic acids is 2. The molecular weight excluding hydrogens is 468 g/mol. The van der Waals surface area contributed by atoms with E-state index < -0.39 is 6.04 Å². The first-order chi connectivity index (χ1) is 15.5. The lowest BCUT2D eigenvalue weighted by molar-refractivity contribution is -0.142. The molecule has 0 spiro atoms. The van der Waals surface area contributed by atoms with Crippen molar-refractivity contribution in [3.8, 4) is 5.75 Å². The van der Waals surface area contributed by atoms with Gasteiger partial charge in [-0.1, -0.05) is 76.6 Å². The van der Waals surface area contributed by atoms with Gasteiger partial charge < -0.3 is 15.0 Å². The Kier molecular flexibility index (Phi) is 8.45. The van der Waals surface area contributed by atoms with Crippen molar-refractivity contribution in [3.05, 3.63) is 100 Å². The quantitative estimate of drug-likeness (QED) is 0.475. The summed E-state index contributed by atoms with van der Waals surface area (Å²) in [6.45, 7) is 2.07. The van der Waals surface area contributed by atoms with Gasteiger partial charge in [0.2, 0.25) is 5.91 Å². The van der Waals surface area contributed by atoms with Gasteiger partial charge in [-0.15, -0.1) is 0 Å². The van der Waals surface area contributed by atoms with Gasteiger partial charge in [-0.05, 0) is 41.8 Å². The molecule has 2 amide bonds. The molecule has 32 heavy (non-hydrogen) atoms. The number of benzene rings is 3. The maximum absolute atomic E-state index is 13.4. The fraction of sp³-hybridized carbons (Fsp3) is 0.231. The molecule has 0 heterocycles. The van der Waals surface area contributed by atoms with E-state index in [0.29, 0.717) is 18.7 Å². The van der Waals surface area contributed by atoms with E-state index >= 15 is 0 Å². The SMILES string of the molecule is CNC(=O)C(Cc1ccccc1)N(Cc1cccc(Br)c1)C(=O)COc1ccccc1C. The average molecular weight is 495 g/mol. The summed E-state index contributed by atoms with van der Waals surface area (Å²) in [5.74, 6) is 0.189. The fourth-order valence-electron chi connectivity index (χ4n) is 3.49. The van der Waals surface area contributed by atoms with E-state index in [9.17, 15) is 9.59 Å². The Hall–Kier alpha value is -3.12. The van der Waals surface area contributed by atoms with Crippen molar-refractivity contribution < 1.29 is 14.3 Å². The maximum atomic E-state index is 13.4. The van der Waals surface area contributed by atoms with E-state index in [1.54, 1.807) is 11.9 Å². The van der Waals surface area contributed by atoms with Crippen LogP contribution in [-0.4, -0.2) is 36.4 Å². The minimum absolute atomic E-state index is 0.152. The van der Waals surface area contributed by atoms with E-state index in [1.165, 1.54) is 0 Å². The van der Waals surface area contributed by atoms with E-state index in [4.69, 9.17) is 4.74 Å². The molecule has 3 rings (SSSR count). The zero-order valence-electron chi connectivity index (χ0n) is 18.3. The summed E-state index contributed by atoms with van der Waals surface area (Å²) < 4.78 is 6.74. The van der Waals surface area contributed by atoms with Crippen LogP contribution < -0.4 is 10.1 Å². The molecule has 1 unspecified atom stereocenters. The van der Waals surface area contributed by atoms with Gasteiger partial charge in [0.05, 0.1) is 0 Å². The van der Waals surface area contributed by atoms with Gasteiger partial charge in [-0.2, -0.15) is 0 Å². The Balaban J connectivity index is 1.88. The minimum Gasteiger partial charge on any atom is -0.484 e. The van der Waals surface area contributed by atoms with Crippen molar-refractivity contribution >= 4 is 27.7 Å². The molecule has 3 aromatic carbocycles. The van der Waals surface area contributed by atoms with Gasteiger partial charge in [0.25, 0.3) is 5.91 Å². The van der Waals surface area contributed by atoms with Gasteiger partial charge in [-0.25, -0.2) is 0 Å². The molecule has 0 bridgehead atoms.